The third-order valence-corrected chi connectivity index (χ3v) is 11.8. The molecule has 3 heterocycles. The van der Waals surface area contributed by atoms with Gasteiger partial charge in [0, 0.05) is 38.5 Å². The van der Waals surface area contributed by atoms with E-state index in [-0.39, 0.29) is 0 Å². The molecule has 12 rings (SSSR count). The molecule has 3 aromatic heterocycles. The summed E-state index contributed by atoms with van der Waals surface area (Å²) in [5.74, 6) is 1.86. The summed E-state index contributed by atoms with van der Waals surface area (Å²) in [5.41, 5.74) is 14.5. The van der Waals surface area contributed by atoms with Crippen LogP contribution in [0.5, 0.6) is 0 Å². The summed E-state index contributed by atoms with van der Waals surface area (Å²) < 4.78 is 8.87. The van der Waals surface area contributed by atoms with Gasteiger partial charge in [-0.05, 0) is 81.9 Å². The van der Waals surface area contributed by atoms with E-state index in [1.165, 1.54) is 10.8 Å². The average molecular weight is 793 g/mol. The first-order chi connectivity index (χ1) is 30.7. The SMILES string of the molecule is c1ccc(-c2ccc(-c3nc(-c4ccccc4)nc(-c4cccc(-c5cc(-c6ccccc6)cc(-n6c7ccccc7c7ccc8oc9ccccc9c8c76)c5)c4)n3)cc2)cc1. The van der Waals surface area contributed by atoms with Crippen molar-refractivity contribution in [2.75, 3.05) is 0 Å². The number of hydrogen-bond donors (Lipinski definition) is 0. The largest absolute Gasteiger partial charge is 0.456 e. The van der Waals surface area contributed by atoms with E-state index in [2.05, 4.69) is 180 Å². The average Bonchev–Trinajstić information content (AvgIpc) is 3.91. The Morgan fingerprint density at radius 2 is 0.790 bits per heavy atom. The van der Waals surface area contributed by atoms with Crippen LogP contribution in [0.3, 0.4) is 0 Å². The summed E-state index contributed by atoms with van der Waals surface area (Å²) in [5, 5.41) is 4.58. The third kappa shape index (κ3) is 6.14. The van der Waals surface area contributed by atoms with Crippen molar-refractivity contribution in [2.45, 2.75) is 0 Å². The van der Waals surface area contributed by atoms with E-state index < -0.39 is 0 Å². The molecular formula is C57H36N4O. The second-order valence-corrected chi connectivity index (χ2v) is 15.6. The Hall–Kier alpha value is -8.41. The van der Waals surface area contributed by atoms with Gasteiger partial charge in [-0.1, -0.05) is 170 Å². The molecule has 0 saturated heterocycles. The van der Waals surface area contributed by atoms with Gasteiger partial charge in [0.05, 0.1) is 16.4 Å². The van der Waals surface area contributed by atoms with Crippen molar-refractivity contribution in [3.8, 4) is 73.2 Å². The van der Waals surface area contributed by atoms with E-state index in [4.69, 9.17) is 19.4 Å². The normalized spacial score (nSPS) is 11.5. The number of rotatable bonds is 7. The standard InChI is InChI=1S/C57H36N4O/c1-4-15-37(16-5-1)39-27-29-41(30-28-39)56-58-55(40-19-8-3-9-20-40)59-57(60-56)43-22-14-21-42(33-43)45-34-44(38-17-6-2-7-18-38)35-46(36-45)61-50-25-12-10-23-47(50)48-31-32-52-53(54(48)61)49-24-11-13-26-51(49)62-52/h1-36H. The lowest BCUT2D eigenvalue weighted by molar-refractivity contribution is 0.669. The van der Waals surface area contributed by atoms with Crippen molar-refractivity contribution in [2.24, 2.45) is 0 Å². The second-order valence-electron chi connectivity index (χ2n) is 15.6. The molecule has 0 unspecified atom stereocenters. The van der Waals surface area contributed by atoms with E-state index in [1.807, 2.05) is 42.5 Å². The molecule has 0 fully saturated rings. The third-order valence-electron chi connectivity index (χ3n) is 11.8. The highest BCUT2D eigenvalue weighted by atomic mass is 16.3. The smallest absolute Gasteiger partial charge is 0.164 e. The zero-order valence-electron chi connectivity index (χ0n) is 33.5. The Balaban J connectivity index is 1.05. The van der Waals surface area contributed by atoms with Gasteiger partial charge >= 0.3 is 0 Å². The predicted molar refractivity (Wildman–Crippen MR) is 254 cm³/mol. The lowest BCUT2D eigenvalue weighted by Gasteiger charge is -2.15. The Bertz CT molecular complexity index is 3610. The van der Waals surface area contributed by atoms with E-state index in [9.17, 15) is 0 Å². The quantitative estimate of drug-likeness (QED) is 0.161. The van der Waals surface area contributed by atoms with Gasteiger partial charge in [-0.3, -0.25) is 0 Å². The van der Waals surface area contributed by atoms with Gasteiger partial charge in [0.1, 0.15) is 11.2 Å². The molecule has 0 aliphatic heterocycles. The maximum atomic E-state index is 6.46. The van der Waals surface area contributed by atoms with Crippen LogP contribution < -0.4 is 0 Å². The summed E-state index contributed by atoms with van der Waals surface area (Å²) >= 11 is 0. The monoisotopic (exact) mass is 792 g/mol. The summed E-state index contributed by atoms with van der Waals surface area (Å²) in [6, 6.07) is 76.4. The van der Waals surface area contributed by atoms with Crippen LogP contribution in [0.4, 0.5) is 0 Å². The summed E-state index contributed by atoms with van der Waals surface area (Å²) in [6.45, 7) is 0. The van der Waals surface area contributed by atoms with Crippen LogP contribution in [0.15, 0.2) is 223 Å². The fourth-order valence-electron chi connectivity index (χ4n) is 8.87. The number of fused-ring (bicyclic) bond motifs is 7. The van der Waals surface area contributed by atoms with Crippen LogP contribution >= 0.6 is 0 Å². The van der Waals surface area contributed by atoms with Gasteiger partial charge in [-0.25, -0.2) is 15.0 Å². The van der Waals surface area contributed by atoms with E-state index in [1.54, 1.807) is 0 Å². The zero-order chi connectivity index (χ0) is 41.0. The molecule has 9 aromatic carbocycles. The molecule has 62 heavy (non-hydrogen) atoms. The highest BCUT2D eigenvalue weighted by molar-refractivity contribution is 6.24. The van der Waals surface area contributed by atoms with Crippen molar-refractivity contribution < 1.29 is 4.42 Å². The maximum absolute atomic E-state index is 6.46. The Morgan fingerprint density at radius 3 is 1.50 bits per heavy atom. The first-order valence-corrected chi connectivity index (χ1v) is 20.8. The van der Waals surface area contributed by atoms with Crippen molar-refractivity contribution in [3.05, 3.63) is 218 Å². The minimum absolute atomic E-state index is 0.610. The molecule has 0 spiro atoms. The van der Waals surface area contributed by atoms with Crippen LogP contribution in [-0.4, -0.2) is 19.5 Å². The number of furan rings is 1. The van der Waals surface area contributed by atoms with Gasteiger partial charge in [-0.15, -0.1) is 0 Å². The van der Waals surface area contributed by atoms with Crippen molar-refractivity contribution in [1.82, 2.24) is 19.5 Å². The highest BCUT2D eigenvalue weighted by Crippen LogP contribution is 2.42. The lowest BCUT2D eigenvalue weighted by Crippen LogP contribution is -2.00. The molecule has 0 saturated carbocycles. The fourth-order valence-corrected chi connectivity index (χ4v) is 8.87. The fraction of sp³-hybridized carbons (Fsp3) is 0. The molecule has 0 bridgehead atoms. The van der Waals surface area contributed by atoms with Gasteiger partial charge in [0.15, 0.2) is 17.5 Å². The van der Waals surface area contributed by atoms with Crippen molar-refractivity contribution in [3.63, 3.8) is 0 Å². The number of aromatic nitrogens is 4. The Morgan fingerprint density at radius 1 is 0.306 bits per heavy atom. The number of benzene rings is 9. The van der Waals surface area contributed by atoms with Crippen LogP contribution in [0.25, 0.3) is 117 Å². The molecule has 5 nitrogen and oxygen atoms in total. The number of para-hydroxylation sites is 2. The zero-order valence-corrected chi connectivity index (χ0v) is 33.5. The molecule has 290 valence electrons. The highest BCUT2D eigenvalue weighted by Gasteiger charge is 2.20. The minimum atomic E-state index is 0.610. The van der Waals surface area contributed by atoms with Crippen LogP contribution in [-0.2, 0) is 0 Å². The second kappa shape index (κ2) is 14.7. The van der Waals surface area contributed by atoms with Gasteiger partial charge < -0.3 is 8.98 Å². The van der Waals surface area contributed by atoms with Gasteiger partial charge in [0.25, 0.3) is 0 Å². The van der Waals surface area contributed by atoms with E-state index in [0.717, 1.165) is 88.7 Å². The van der Waals surface area contributed by atoms with Crippen LogP contribution in [0, 0.1) is 0 Å². The molecule has 0 radical (unpaired) electrons. The van der Waals surface area contributed by atoms with Crippen LogP contribution in [0.1, 0.15) is 0 Å². The Kier molecular flexibility index (Phi) is 8.42. The molecule has 0 atom stereocenters. The van der Waals surface area contributed by atoms with Crippen molar-refractivity contribution in [1.29, 1.82) is 0 Å². The molecule has 0 aliphatic carbocycles. The first kappa shape index (κ1) is 35.5. The van der Waals surface area contributed by atoms with Gasteiger partial charge in [0.2, 0.25) is 0 Å². The topological polar surface area (TPSA) is 56.7 Å². The molecule has 0 amide bonds. The van der Waals surface area contributed by atoms with Crippen LogP contribution in [0.2, 0.25) is 0 Å². The molecule has 0 aliphatic rings. The van der Waals surface area contributed by atoms with Crippen molar-refractivity contribution >= 4 is 43.7 Å². The number of nitrogens with zero attached hydrogens (tertiary/aromatic N) is 4. The molecule has 5 heteroatoms. The maximum Gasteiger partial charge on any atom is 0.164 e. The molecular weight excluding hydrogens is 757 g/mol. The summed E-state index contributed by atoms with van der Waals surface area (Å²) in [6.07, 6.45) is 0. The van der Waals surface area contributed by atoms with E-state index >= 15 is 0 Å². The summed E-state index contributed by atoms with van der Waals surface area (Å²) in [4.78, 5) is 15.3. The number of hydrogen-bond acceptors (Lipinski definition) is 4. The summed E-state index contributed by atoms with van der Waals surface area (Å²) in [7, 11) is 0. The lowest BCUT2D eigenvalue weighted by atomic mass is 9.96. The van der Waals surface area contributed by atoms with Gasteiger partial charge in [-0.2, -0.15) is 0 Å². The Labute approximate surface area is 357 Å². The predicted octanol–water partition coefficient (Wildman–Crippen LogP) is 14.9. The first-order valence-electron chi connectivity index (χ1n) is 20.8. The molecule has 0 N–H and O–H groups in total. The molecule has 12 aromatic rings. The van der Waals surface area contributed by atoms with E-state index in [0.29, 0.717) is 17.5 Å². The minimum Gasteiger partial charge on any atom is -0.456 e.